The third-order valence-electron chi connectivity index (χ3n) is 3.61. The molecule has 0 radical (unpaired) electrons. The number of ether oxygens (including phenoxy) is 1. The maximum Gasteiger partial charge on any atom is 0.277 e. The summed E-state index contributed by atoms with van der Waals surface area (Å²) in [4.78, 5) is 27.1. The van der Waals surface area contributed by atoms with Crippen molar-refractivity contribution in [2.24, 2.45) is 11.7 Å². The van der Waals surface area contributed by atoms with Crippen LogP contribution >= 0.6 is 11.3 Å². The van der Waals surface area contributed by atoms with E-state index in [9.17, 15) is 9.59 Å². The second-order valence-corrected chi connectivity index (χ2v) is 6.14. The molecule has 22 heavy (non-hydrogen) atoms. The van der Waals surface area contributed by atoms with Gasteiger partial charge in [0.2, 0.25) is 5.91 Å². The fourth-order valence-corrected chi connectivity index (χ4v) is 3.06. The Labute approximate surface area is 131 Å². The number of nitrogens with one attached hydrogen (secondary N) is 1. The molecule has 114 valence electrons. The standard InChI is InChI=1S/C15H15N3O3S/c1-21-9-4-2-3-8(5-9)10-6-11(10)14(20)18-12-7-17-15(22-12)13(16)19/h2-5,7,10-11H,6H2,1H3,(H2,16,19)(H,18,20)/t10-,11+/m0/s1. The highest BCUT2D eigenvalue weighted by Gasteiger charge is 2.44. The lowest BCUT2D eigenvalue weighted by Gasteiger charge is -2.04. The van der Waals surface area contributed by atoms with Gasteiger partial charge in [0, 0.05) is 5.92 Å². The monoisotopic (exact) mass is 317 g/mol. The van der Waals surface area contributed by atoms with Crippen molar-refractivity contribution in [3.05, 3.63) is 41.0 Å². The van der Waals surface area contributed by atoms with E-state index in [1.165, 1.54) is 6.20 Å². The molecule has 1 aromatic carbocycles. The lowest BCUT2D eigenvalue weighted by atomic mass is 10.1. The summed E-state index contributed by atoms with van der Waals surface area (Å²) in [6.45, 7) is 0. The highest BCUT2D eigenvalue weighted by molar-refractivity contribution is 7.17. The molecule has 0 saturated heterocycles. The third-order valence-corrected chi connectivity index (χ3v) is 4.54. The van der Waals surface area contributed by atoms with Crippen LogP contribution in [-0.2, 0) is 4.79 Å². The van der Waals surface area contributed by atoms with Crippen LogP contribution in [0, 0.1) is 5.92 Å². The second kappa shape index (κ2) is 5.76. The number of nitrogens with zero attached hydrogens (tertiary/aromatic N) is 1. The van der Waals surface area contributed by atoms with Crippen LogP contribution in [0.4, 0.5) is 5.00 Å². The number of thiazole rings is 1. The Balaban J connectivity index is 1.63. The maximum absolute atomic E-state index is 12.2. The first-order valence-electron chi connectivity index (χ1n) is 6.79. The van der Waals surface area contributed by atoms with Gasteiger partial charge in [0.1, 0.15) is 10.8 Å². The van der Waals surface area contributed by atoms with Crippen molar-refractivity contribution in [1.82, 2.24) is 4.98 Å². The van der Waals surface area contributed by atoms with Gasteiger partial charge in [-0.25, -0.2) is 4.98 Å². The van der Waals surface area contributed by atoms with Crippen LogP contribution in [0.25, 0.3) is 0 Å². The molecule has 0 spiro atoms. The molecule has 2 aromatic rings. The van der Waals surface area contributed by atoms with E-state index in [0.717, 1.165) is 29.1 Å². The first kappa shape index (κ1) is 14.5. The molecule has 2 atom stereocenters. The number of methoxy groups -OCH3 is 1. The van der Waals surface area contributed by atoms with Crippen LogP contribution in [-0.4, -0.2) is 23.9 Å². The molecule has 0 bridgehead atoms. The van der Waals surface area contributed by atoms with Gasteiger partial charge in [-0.2, -0.15) is 0 Å². The minimum Gasteiger partial charge on any atom is -0.497 e. The fourth-order valence-electron chi connectivity index (χ4n) is 2.39. The van der Waals surface area contributed by atoms with E-state index < -0.39 is 5.91 Å². The van der Waals surface area contributed by atoms with Gasteiger partial charge < -0.3 is 15.8 Å². The number of hydrogen-bond donors (Lipinski definition) is 2. The first-order valence-corrected chi connectivity index (χ1v) is 7.60. The Hall–Kier alpha value is -2.41. The molecule has 1 saturated carbocycles. The van der Waals surface area contributed by atoms with Gasteiger partial charge in [-0.15, -0.1) is 0 Å². The predicted molar refractivity (Wildman–Crippen MR) is 83.1 cm³/mol. The summed E-state index contributed by atoms with van der Waals surface area (Å²) in [6.07, 6.45) is 2.26. The van der Waals surface area contributed by atoms with Gasteiger partial charge in [0.05, 0.1) is 13.3 Å². The molecule has 3 rings (SSSR count). The molecule has 3 N–H and O–H groups in total. The average molecular weight is 317 g/mol. The van der Waals surface area contributed by atoms with Gasteiger partial charge >= 0.3 is 0 Å². The minimum atomic E-state index is -0.592. The zero-order chi connectivity index (χ0) is 15.7. The smallest absolute Gasteiger partial charge is 0.277 e. The number of carbonyl (C=O) groups is 2. The van der Waals surface area contributed by atoms with E-state index in [2.05, 4.69) is 10.3 Å². The first-order chi connectivity index (χ1) is 10.6. The van der Waals surface area contributed by atoms with Crippen molar-refractivity contribution in [2.75, 3.05) is 12.4 Å². The van der Waals surface area contributed by atoms with Gasteiger partial charge in [0.25, 0.3) is 5.91 Å². The second-order valence-electron chi connectivity index (χ2n) is 5.11. The molecular weight excluding hydrogens is 302 g/mol. The lowest BCUT2D eigenvalue weighted by Crippen LogP contribution is -2.13. The third kappa shape index (κ3) is 2.94. The van der Waals surface area contributed by atoms with Crippen molar-refractivity contribution < 1.29 is 14.3 Å². The van der Waals surface area contributed by atoms with E-state index in [1.54, 1.807) is 7.11 Å². The van der Waals surface area contributed by atoms with Crippen LogP contribution in [0.2, 0.25) is 0 Å². The van der Waals surface area contributed by atoms with E-state index in [-0.39, 0.29) is 22.8 Å². The number of nitrogens with two attached hydrogens (primary N) is 1. The van der Waals surface area contributed by atoms with Crippen LogP contribution in [0.1, 0.15) is 27.7 Å². The molecular formula is C15H15N3O3S. The van der Waals surface area contributed by atoms with Crippen LogP contribution in [0.15, 0.2) is 30.5 Å². The lowest BCUT2D eigenvalue weighted by molar-refractivity contribution is -0.117. The van der Waals surface area contributed by atoms with E-state index >= 15 is 0 Å². The fraction of sp³-hybridized carbons (Fsp3) is 0.267. The molecule has 1 fully saturated rings. The molecule has 0 aliphatic heterocycles. The van der Waals surface area contributed by atoms with Crippen LogP contribution in [0.5, 0.6) is 5.75 Å². The largest absolute Gasteiger partial charge is 0.497 e. The summed E-state index contributed by atoms with van der Waals surface area (Å²) in [5.74, 6) is 0.278. The number of anilines is 1. The number of amides is 2. The summed E-state index contributed by atoms with van der Waals surface area (Å²) in [5.41, 5.74) is 6.24. The van der Waals surface area contributed by atoms with E-state index in [4.69, 9.17) is 10.5 Å². The van der Waals surface area contributed by atoms with E-state index in [0.29, 0.717) is 5.00 Å². The normalized spacial score (nSPS) is 19.5. The number of aromatic nitrogens is 1. The van der Waals surface area contributed by atoms with Gasteiger partial charge in [-0.3, -0.25) is 9.59 Å². The predicted octanol–water partition coefficient (Wildman–Crippen LogP) is 1.99. The summed E-state index contributed by atoms with van der Waals surface area (Å²) >= 11 is 1.08. The number of primary amides is 1. The number of benzene rings is 1. The van der Waals surface area contributed by atoms with Gasteiger partial charge in [0.15, 0.2) is 5.01 Å². The Kier molecular flexibility index (Phi) is 3.81. The minimum absolute atomic E-state index is 0.0625. The molecule has 1 heterocycles. The molecule has 2 amide bonds. The van der Waals surface area contributed by atoms with Crippen molar-refractivity contribution in [2.45, 2.75) is 12.3 Å². The molecule has 7 heteroatoms. The SMILES string of the molecule is COc1cccc([C@@H]2C[C@H]2C(=O)Nc2cnc(C(N)=O)s2)c1. The van der Waals surface area contributed by atoms with Crippen molar-refractivity contribution in [1.29, 1.82) is 0 Å². The number of rotatable bonds is 5. The van der Waals surface area contributed by atoms with Crippen LogP contribution in [0.3, 0.4) is 0 Å². The molecule has 1 aliphatic rings. The molecule has 0 unspecified atom stereocenters. The quantitative estimate of drug-likeness (QED) is 0.881. The van der Waals surface area contributed by atoms with Gasteiger partial charge in [-0.05, 0) is 30.0 Å². The van der Waals surface area contributed by atoms with Crippen molar-refractivity contribution in [3.8, 4) is 5.75 Å². The Morgan fingerprint density at radius 1 is 1.45 bits per heavy atom. The van der Waals surface area contributed by atoms with Crippen LogP contribution < -0.4 is 15.8 Å². The zero-order valence-electron chi connectivity index (χ0n) is 11.9. The van der Waals surface area contributed by atoms with Crippen molar-refractivity contribution in [3.63, 3.8) is 0 Å². The molecule has 6 nitrogen and oxygen atoms in total. The zero-order valence-corrected chi connectivity index (χ0v) is 12.7. The van der Waals surface area contributed by atoms with E-state index in [1.807, 2.05) is 24.3 Å². The topological polar surface area (TPSA) is 94.3 Å². The Bertz CT molecular complexity index is 728. The maximum atomic E-state index is 12.2. The molecule has 1 aromatic heterocycles. The summed E-state index contributed by atoms with van der Waals surface area (Å²) < 4.78 is 5.20. The highest BCUT2D eigenvalue weighted by Crippen LogP contribution is 2.48. The average Bonchev–Trinajstić information content (AvgIpc) is 3.19. The number of hydrogen-bond acceptors (Lipinski definition) is 5. The Morgan fingerprint density at radius 3 is 2.95 bits per heavy atom. The molecule has 1 aliphatic carbocycles. The number of carbonyl (C=O) groups excluding carboxylic acids is 2. The summed E-state index contributed by atoms with van der Waals surface area (Å²) in [6, 6.07) is 7.75. The summed E-state index contributed by atoms with van der Waals surface area (Å²) in [5, 5.41) is 3.51. The van der Waals surface area contributed by atoms with Crippen molar-refractivity contribution >= 4 is 28.2 Å². The highest BCUT2D eigenvalue weighted by atomic mass is 32.1. The Morgan fingerprint density at radius 2 is 2.27 bits per heavy atom. The summed E-state index contributed by atoms with van der Waals surface area (Å²) in [7, 11) is 1.62. The van der Waals surface area contributed by atoms with Gasteiger partial charge in [-0.1, -0.05) is 23.5 Å².